The number of aromatic nitrogens is 1. The minimum absolute atomic E-state index is 0.00328. The molecule has 0 fully saturated rings. The number of urea groups is 1. The molecule has 112 valence electrons. The van der Waals surface area contributed by atoms with Gasteiger partial charge in [-0.05, 0) is 6.92 Å². The van der Waals surface area contributed by atoms with Crippen molar-refractivity contribution in [1.29, 1.82) is 0 Å². The molecule has 2 amide bonds. The number of carbonyl (C=O) groups is 2. The van der Waals surface area contributed by atoms with Gasteiger partial charge in [0.15, 0.2) is 0 Å². The molecule has 10 heteroatoms. The number of carboxylic acids is 1. The molecule has 1 aromatic rings. The predicted octanol–water partition coefficient (Wildman–Crippen LogP) is 1.61. The van der Waals surface area contributed by atoms with E-state index in [-0.39, 0.29) is 11.4 Å². The Morgan fingerprint density at radius 2 is 2.15 bits per heavy atom. The fourth-order valence-electron chi connectivity index (χ4n) is 1.34. The maximum atomic E-state index is 12.3. The molecule has 1 heterocycles. The molecule has 2 N–H and O–H groups in total. The number of rotatable bonds is 5. The van der Waals surface area contributed by atoms with Crippen LogP contribution in [-0.4, -0.2) is 46.3 Å². The van der Waals surface area contributed by atoms with Crippen molar-refractivity contribution < 1.29 is 27.9 Å². The van der Waals surface area contributed by atoms with Crippen molar-refractivity contribution in [3.05, 3.63) is 16.1 Å². The smallest absolute Gasteiger partial charge is 0.406 e. The number of nitrogens with one attached hydrogen (secondary N) is 1. The Kier molecular flexibility index (Phi) is 5.31. The van der Waals surface area contributed by atoms with E-state index in [4.69, 9.17) is 5.11 Å². The van der Waals surface area contributed by atoms with Crippen LogP contribution >= 0.6 is 11.3 Å². The number of halogens is 3. The molecule has 0 saturated heterocycles. The van der Waals surface area contributed by atoms with E-state index in [1.54, 1.807) is 12.4 Å². The Bertz CT molecular complexity index is 490. The van der Waals surface area contributed by atoms with Crippen LogP contribution in [-0.2, 0) is 11.3 Å². The number of hydrogen-bond acceptors (Lipinski definition) is 4. The van der Waals surface area contributed by atoms with Gasteiger partial charge in [-0.15, -0.1) is 11.3 Å². The molecule has 0 aromatic carbocycles. The van der Waals surface area contributed by atoms with Gasteiger partial charge in [0, 0.05) is 4.88 Å². The van der Waals surface area contributed by atoms with Crippen molar-refractivity contribution in [2.75, 3.05) is 13.1 Å². The lowest BCUT2D eigenvalue weighted by atomic mass is 10.4. The minimum Gasteiger partial charge on any atom is -0.480 e. The Morgan fingerprint density at radius 1 is 1.50 bits per heavy atom. The van der Waals surface area contributed by atoms with Crippen LogP contribution in [0.25, 0.3) is 0 Å². The fraction of sp³-hybridized carbons (Fsp3) is 0.500. The predicted molar refractivity (Wildman–Crippen MR) is 64.4 cm³/mol. The number of carboxylic acid groups (broad SMARTS) is 1. The third-order valence-electron chi connectivity index (χ3n) is 2.23. The zero-order valence-electron chi connectivity index (χ0n) is 10.4. The normalized spacial score (nSPS) is 11.2. The van der Waals surface area contributed by atoms with Crippen LogP contribution in [0.1, 0.15) is 10.6 Å². The van der Waals surface area contributed by atoms with E-state index < -0.39 is 31.3 Å². The molecule has 0 aliphatic carbocycles. The molecular weight excluding hydrogens is 299 g/mol. The number of carbonyl (C=O) groups excluding carboxylic acids is 1. The molecule has 1 aromatic heterocycles. The van der Waals surface area contributed by atoms with E-state index in [2.05, 4.69) is 10.3 Å². The summed E-state index contributed by atoms with van der Waals surface area (Å²) in [6.45, 7) is -0.939. The van der Waals surface area contributed by atoms with Crippen molar-refractivity contribution in [3.63, 3.8) is 0 Å². The van der Waals surface area contributed by atoms with E-state index in [1.807, 2.05) is 0 Å². The topological polar surface area (TPSA) is 82.5 Å². The van der Waals surface area contributed by atoms with Crippen LogP contribution in [0.3, 0.4) is 0 Å². The fourth-order valence-corrected chi connectivity index (χ4v) is 2.06. The number of nitrogens with zero attached hydrogens (tertiary/aromatic N) is 2. The number of thiazole rings is 1. The molecule has 0 spiro atoms. The average Bonchev–Trinajstić information content (AvgIpc) is 2.68. The van der Waals surface area contributed by atoms with Gasteiger partial charge in [-0.3, -0.25) is 4.79 Å². The zero-order valence-corrected chi connectivity index (χ0v) is 11.2. The lowest BCUT2D eigenvalue weighted by molar-refractivity contribution is -0.148. The van der Waals surface area contributed by atoms with Gasteiger partial charge in [0.1, 0.15) is 13.1 Å². The van der Waals surface area contributed by atoms with Gasteiger partial charge >= 0.3 is 18.2 Å². The maximum Gasteiger partial charge on any atom is 0.406 e. The van der Waals surface area contributed by atoms with Gasteiger partial charge in [0.2, 0.25) is 0 Å². The molecule has 20 heavy (non-hydrogen) atoms. The minimum atomic E-state index is -4.66. The highest BCUT2D eigenvalue weighted by atomic mass is 32.1. The Labute approximate surface area is 116 Å². The van der Waals surface area contributed by atoms with Crippen molar-refractivity contribution in [3.8, 4) is 0 Å². The van der Waals surface area contributed by atoms with Crippen LogP contribution < -0.4 is 5.32 Å². The highest BCUT2D eigenvalue weighted by Crippen LogP contribution is 2.17. The van der Waals surface area contributed by atoms with E-state index in [0.717, 1.165) is 0 Å². The second-order valence-corrected chi connectivity index (χ2v) is 4.82. The van der Waals surface area contributed by atoms with Gasteiger partial charge in [-0.2, -0.15) is 13.2 Å². The third-order valence-corrected chi connectivity index (χ3v) is 3.16. The first-order valence-electron chi connectivity index (χ1n) is 5.39. The second-order valence-electron chi connectivity index (χ2n) is 3.88. The summed E-state index contributed by atoms with van der Waals surface area (Å²) >= 11 is 1.25. The summed E-state index contributed by atoms with van der Waals surface area (Å²) in [5, 5.41) is 10.8. The van der Waals surface area contributed by atoms with Crippen molar-refractivity contribution in [2.24, 2.45) is 0 Å². The summed E-state index contributed by atoms with van der Waals surface area (Å²) in [5.74, 6) is -1.52. The second kappa shape index (κ2) is 6.55. The number of aliphatic carboxylic acids is 1. The van der Waals surface area contributed by atoms with Gasteiger partial charge in [-0.1, -0.05) is 0 Å². The lowest BCUT2D eigenvalue weighted by Gasteiger charge is -2.22. The monoisotopic (exact) mass is 311 g/mol. The summed E-state index contributed by atoms with van der Waals surface area (Å²) in [7, 11) is 0. The SMILES string of the molecule is Cc1ncsc1CNC(=O)N(CC(=O)O)CC(F)(F)F. The molecule has 0 bridgehead atoms. The van der Waals surface area contributed by atoms with Gasteiger partial charge in [0.05, 0.1) is 17.7 Å². The highest BCUT2D eigenvalue weighted by Gasteiger charge is 2.34. The van der Waals surface area contributed by atoms with E-state index in [0.29, 0.717) is 10.6 Å². The number of amides is 2. The molecule has 1 rings (SSSR count). The quantitative estimate of drug-likeness (QED) is 0.865. The largest absolute Gasteiger partial charge is 0.480 e. The first kappa shape index (κ1) is 16.2. The Balaban J connectivity index is 2.63. The van der Waals surface area contributed by atoms with Gasteiger partial charge < -0.3 is 15.3 Å². The van der Waals surface area contributed by atoms with Crippen LogP contribution in [0.2, 0.25) is 0 Å². The molecule has 0 aliphatic heterocycles. The average molecular weight is 311 g/mol. The van der Waals surface area contributed by atoms with Crippen LogP contribution in [0, 0.1) is 6.92 Å². The van der Waals surface area contributed by atoms with Crippen LogP contribution in [0.4, 0.5) is 18.0 Å². The summed E-state index contributed by atoms with van der Waals surface area (Å²) in [5.41, 5.74) is 2.21. The van der Waals surface area contributed by atoms with Crippen molar-refractivity contribution in [1.82, 2.24) is 15.2 Å². The molecular formula is C10H12F3N3O3S. The van der Waals surface area contributed by atoms with E-state index in [9.17, 15) is 22.8 Å². The van der Waals surface area contributed by atoms with Crippen molar-refractivity contribution in [2.45, 2.75) is 19.6 Å². The zero-order chi connectivity index (χ0) is 15.3. The first-order chi connectivity index (χ1) is 9.19. The van der Waals surface area contributed by atoms with E-state index in [1.165, 1.54) is 11.3 Å². The number of aryl methyl sites for hydroxylation is 1. The Hall–Kier alpha value is -1.84. The summed E-state index contributed by atoms with van der Waals surface area (Å²) in [4.78, 5) is 26.9. The summed E-state index contributed by atoms with van der Waals surface area (Å²) in [6, 6.07) is -1.09. The standard InChI is InChI=1S/C10H12F3N3O3S/c1-6-7(20-5-15-6)2-14-9(19)16(3-8(17)18)4-10(11,12)13/h5H,2-4H2,1H3,(H,14,19)(H,17,18). The van der Waals surface area contributed by atoms with Gasteiger partial charge in [0.25, 0.3) is 0 Å². The third kappa shape index (κ3) is 5.43. The molecule has 0 atom stereocenters. The number of hydrogen-bond donors (Lipinski definition) is 2. The summed E-state index contributed by atoms with van der Waals surface area (Å²) < 4.78 is 36.8. The van der Waals surface area contributed by atoms with E-state index >= 15 is 0 Å². The first-order valence-corrected chi connectivity index (χ1v) is 6.27. The van der Waals surface area contributed by atoms with Crippen molar-refractivity contribution >= 4 is 23.3 Å². The van der Waals surface area contributed by atoms with Crippen LogP contribution in [0.5, 0.6) is 0 Å². The summed E-state index contributed by atoms with van der Waals surface area (Å²) in [6.07, 6.45) is -4.66. The molecule has 0 aliphatic rings. The van der Waals surface area contributed by atoms with Gasteiger partial charge in [-0.25, -0.2) is 9.78 Å². The Morgan fingerprint density at radius 3 is 2.60 bits per heavy atom. The molecule has 0 radical (unpaired) electrons. The lowest BCUT2D eigenvalue weighted by Crippen LogP contribution is -2.46. The number of alkyl halides is 3. The highest BCUT2D eigenvalue weighted by molar-refractivity contribution is 7.09. The molecule has 6 nitrogen and oxygen atoms in total. The maximum absolute atomic E-state index is 12.3. The van der Waals surface area contributed by atoms with Crippen LogP contribution in [0.15, 0.2) is 5.51 Å². The molecule has 0 unspecified atom stereocenters. The molecule has 0 saturated carbocycles.